The van der Waals surface area contributed by atoms with Crippen LogP contribution >= 0.6 is 0 Å². The summed E-state index contributed by atoms with van der Waals surface area (Å²) in [5, 5.41) is 2.74. The minimum Gasteiger partial charge on any atom is -0.493 e. The molecule has 32 heavy (non-hydrogen) atoms. The number of amides is 1. The first-order valence-corrected chi connectivity index (χ1v) is 11.4. The standard InChI is InChI=1S/C23H26N2O6S/c1-16-9-11-18(12-10-16)32(27,28)25-20(14-22(26)24-15-17-6-5-13-31-17)19-7-4-8-21(29-2)23(19)30-3/h4-13,20,25H,14-15H2,1-3H3,(H,24,26)/t20-/m1/s1. The number of carbonyl (C=O) groups is 1. The largest absolute Gasteiger partial charge is 0.493 e. The molecule has 0 fully saturated rings. The highest BCUT2D eigenvalue weighted by molar-refractivity contribution is 7.89. The van der Waals surface area contributed by atoms with Crippen molar-refractivity contribution in [2.45, 2.75) is 30.8 Å². The highest BCUT2D eigenvalue weighted by Gasteiger charge is 2.27. The molecule has 0 saturated carbocycles. The molecule has 1 atom stereocenters. The van der Waals surface area contributed by atoms with Gasteiger partial charge in [-0.1, -0.05) is 29.8 Å². The van der Waals surface area contributed by atoms with E-state index in [1.807, 2.05) is 6.92 Å². The zero-order chi connectivity index (χ0) is 23.1. The molecular formula is C23H26N2O6S. The first kappa shape index (κ1) is 23.4. The van der Waals surface area contributed by atoms with Crippen molar-refractivity contribution in [2.24, 2.45) is 0 Å². The summed E-state index contributed by atoms with van der Waals surface area (Å²) in [5.74, 6) is 1.02. The zero-order valence-corrected chi connectivity index (χ0v) is 18.9. The number of aryl methyl sites for hydroxylation is 1. The lowest BCUT2D eigenvalue weighted by atomic mass is 10.0. The third-order valence-electron chi connectivity index (χ3n) is 4.87. The van der Waals surface area contributed by atoms with Crippen LogP contribution in [0.4, 0.5) is 0 Å². The molecule has 1 aromatic heterocycles. The van der Waals surface area contributed by atoms with Crippen LogP contribution in [-0.2, 0) is 21.4 Å². The molecule has 0 saturated heterocycles. The molecule has 3 aromatic rings. The summed E-state index contributed by atoms with van der Waals surface area (Å²) in [5.41, 5.74) is 1.42. The van der Waals surface area contributed by atoms with Gasteiger partial charge in [0.05, 0.1) is 38.0 Å². The Kier molecular flexibility index (Phi) is 7.55. The second kappa shape index (κ2) is 10.3. The van der Waals surface area contributed by atoms with Gasteiger partial charge in [-0.25, -0.2) is 13.1 Å². The Balaban J connectivity index is 1.90. The van der Waals surface area contributed by atoms with Crippen molar-refractivity contribution in [2.75, 3.05) is 14.2 Å². The second-order valence-corrected chi connectivity index (χ2v) is 8.84. The smallest absolute Gasteiger partial charge is 0.241 e. The molecule has 9 heteroatoms. The first-order chi connectivity index (χ1) is 15.3. The van der Waals surface area contributed by atoms with Crippen LogP contribution in [0.5, 0.6) is 11.5 Å². The Morgan fingerprint density at radius 1 is 1.03 bits per heavy atom. The van der Waals surface area contributed by atoms with Gasteiger partial charge in [-0.05, 0) is 37.3 Å². The molecule has 0 bridgehead atoms. The van der Waals surface area contributed by atoms with Crippen LogP contribution in [0.3, 0.4) is 0 Å². The van der Waals surface area contributed by atoms with Gasteiger partial charge >= 0.3 is 0 Å². The van der Waals surface area contributed by atoms with Crippen molar-refractivity contribution in [1.82, 2.24) is 10.0 Å². The van der Waals surface area contributed by atoms with E-state index in [1.165, 1.54) is 32.6 Å². The zero-order valence-electron chi connectivity index (χ0n) is 18.1. The molecule has 8 nitrogen and oxygen atoms in total. The lowest BCUT2D eigenvalue weighted by molar-refractivity contribution is -0.121. The van der Waals surface area contributed by atoms with Crippen LogP contribution in [0, 0.1) is 6.92 Å². The maximum absolute atomic E-state index is 13.1. The summed E-state index contributed by atoms with van der Waals surface area (Å²) in [4.78, 5) is 12.8. The minimum atomic E-state index is -3.92. The number of methoxy groups -OCH3 is 2. The SMILES string of the molecule is COc1cccc([C@@H](CC(=O)NCc2ccco2)NS(=O)(=O)c2ccc(C)cc2)c1OC. The maximum Gasteiger partial charge on any atom is 0.241 e. The van der Waals surface area contributed by atoms with E-state index in [1.54, 1.807) is 42.5 Å². The molecule has 3 rings (SSSR count). The molecule has 0 unspecified atom stereocenters. The van der Waals surface area contributed by atoms with E-state index in [0.717, 1.165) is 5.56 Å². The summed E-state index contributed by atoms with van der Waals surface area (Å²) in [6, 6.07) is 14.1. The fourth-order valence-corrected chi connectivity index (χ4v) is 4.45. The number of benzene rings is 2. The van der Waals surface area contributed by atoms with Crippen molar-refractivity contribution < 1.29 is 27.1 Å². The fourth-order valence-electron chi connectivity index (χ4n) is 3.23. The normalized spacial score (nSPS) is 12.2. The average Bonchev–Trinajstić information content (AvgIpc) is 3.30. The number of para-hydroxylation sites is 1. The Morgan fingerprint density at radius 2 is 1.78 bits per heavy atom. The second-order valence-electron chi connectivity index (χ2n) is 7.13. The van der Waals surface area contributed by atoms with Crippen LogP contribution < -0.4 is 19.5 Å². The van der Waals surface area contributed by atoms with Crippen LogP contribution in [0.15, 0.2) is 70.2 Å². The van der Waals surface area contributed by atoms with Crippen molar-refractivity contribution in [3.8, 4) is 11.5 Å². The summed E-state index contributed by atoms with van der Waals surface area (Å²) in [6.07, 6.45) is 1.36. The van der Waals surface area contributed by atoms with Gasteiger partial charge in [0.25, 0.3) is 0 Å². The first-order valence-electron chi connectivity index (χ1n) is 9.93. The van der Waals surface area contributed by atoms with Gasteiger partial charge in [-0.15, -0.1) is 0 Å². The van der Waals surface area contributed by atoms with Crippen molar-refractivity contribution >= 4 is 15.9 Å². The van der Waals surface area contributed by atoms with E-state index in [4.69, 9.17) is 13.9 Å². The van der Waals surface area contributed by atoms with Crippen LogP contribution in [0.2, 0.25) is 0 Å². The Labute approximate surface area is 187 Å². The molecule has 0 spiro atoms. The molecule has 1 amide bonds. The molecule has 1 heterocycles. The summed E-state index contributed by atoms with van der Waals surface area (Å²) in [7, 11) is -0.966. The highest BCUT2D eigenvalue weighted by Crippen LogP contribution is 2.36. The van der Waals surface area contributed by atoms with Crippen molar-refractivity contribution in [3.63, 3.8) is 0 Å². The lowest BCUT2D eigenvalue weighted by Gasteiger charge is -2.22. The number of furan rings is 1. The van der Waals surface area contributed by atoms with Crippen LogP contribution in [-0.4, -0.2) is 28.5 Å². The number of sulfonamides is 1. The van der Waals surface area contributed by atoms with Gasteiger partial charge in [0.15, 0.2) is 11.5 Å². The summed E-state index contributed by atoms with van der Waals surface area (Å²) < 4.78 is 44.8. The van der Waals surface area contributed by atoms with E-state index in [0.29, 0.717) is 22.8 Å². The predicted molar refractivity (Wildman–Crippen MR) is 119 cm³/mol. The van der Waals surface area contributed by atoms with Gasteiger partial charge in [0.2, 0.25) is 15.9 Å². The highest BCUT2D eigenvalue weighted by atomic mass is 32.2. The van der Waals surface area contributed by atoms with E-state index in [-0.39, 0.29) is 23.8 Å². The molecule has 0 aliphatic heterocycles. The van der Waals surface area contributed by atoms with E-state index in [9.17, 15) is 13.2 Å². The van der Waals surface area contributed by atoms with Gasteiger partial charge in [0.1, 0.15) is 5.76 Å². The average molecular weight is 459 g/mol. The predicted octanol–water partition coefficient (Wildman–Crippen LogP) is 3.33. The fraction of sp³-hybridized carbons (Fsp3) is 0.261. The van der Waals surface area contributed by atoms with Crippen LogP contribution in [0.25, 0.3) is 0 Å². The molecule has 170 valence electrons. The monoisotopic (exact) mass is 458 g/mol. The van der Waals surface area contributed by atoms with Gasteiger partial charge in [0, 0.05) is 12.0 Å². The number of ether oxygens (including phenoxy) is 2. The third-order valence-corrected chi connectivity index (χ3v) is 6.35. The molecular weight excluding hydrogens is 432 g/mol. The van der Waals surface area contributed by atoms with Crippen molar-refractivity contribution in [3.05, 3.63) is 77.7 Å². The number of hydrogen-bond acceptors (Lipinski definition) is 6. The molecule has 0 radical (unpaired) electrons. The van der Waals surface area contributed by atoms with Gasteiger partial charge in [-0.2, -0.15) is 0 Å². The quantitative estimate of drug-likeness (QED) is 0.483. The number of rotatable bonds is 10. The van der Waals surface area contributed by atoms with E-state index >= 15 is 0 Å². The summed E-state index contributed by atoms with van der Waals surface area (Å²) in [6.45, 7) is 2.07. The maximum atomic E-state index is 13.1. The van der Waals surface area contributed by atoms with Crippen molar-refractivity contribution in [1.29, 1.82) is 0 Å². The molecule has 2 aromatic carbocycles. The number of hydrogen-bond donors (Lipinski definition) is 2. The third kappa shape index (κ3) is 5.68. The Morgan fingerprint density at radius 3 is 2.41 bits per heavy atom. The molecule has 0 aliphatic rings. The Bertz CT molecular complexity index is 1140. The van der Waals surface area contributed by atoms with E-state index < -0.39 is 16.1 Å². The number of nitrogens with one attached hydrogen (secondary N) is 2. The minimum absolute atomic E-state index is 0.103. The lowest BCUT2D eigenvalue weighted by Crippen LogP contribution is -2.34. The van der Waals surface area contributed by atoms with Crippen LogP contribution in [0.1, 0.15) is 29.3 Å². The topological polar surface area (TPSA) is 107 Å². The van der Waals surface area contributed by atoms with Gasteiger partial charge in [-0.3, -0.25) is 4.79 Å². The summed E-state index contributed by atoms with van der Waals surface area (Å²) >= 11 is 0. The van der Waals surface area contributed by atoms with Gasteiger partial charge < -0.3 is 19.2 Å². The molecule has 2 N–H and O–H groups in total. The van der Waals surface area contributed by atoms with E-state index in [2.05, 4.69) is 10.0 Å². The number of carbonyl (C=O) groups excluding carboxylic acids is 1. The Hall–Kier alpha value is -3.30. The molecule has 0 aliphatic carbocycles.